The molecule has 1 unspecified atom stereocenters. The van der Waals surface area contributed by atoms with E-state index in [9.17, 15) is 31.1 Å². The first kappa shape index (κ1) is 40.5. The standard InChI is InChI=1S/C31H34F6N4O.3ClH/c1-21-6-7-23(13-22(21)2)14-28-20-40(10-4-9-39-19-24-5-3-8-38-18-24)11-12-41(28)29(42)25-15-26(30(32,33)34)17-27(16-25)31(35,36)37;;;/h3,5-8,13,15-18,28,39H,4,9-12,14,19-20H2,1-2H3;3*1H. The van der Waals surface area contributed by atoms with Gasteiger partial charge in [-0.05, 0) is 86.3 Å². The maximum Gasteiger partial charge on any atom is 0.416 e. The third kappa shape index (κ3) is 11.3. The summed E-state index contributed by atoms with van der Waals surface area (Å²) in [6.07, 6.45) is -5.30. The average molecular weight is 702 g/mol. The van der Waals surface area contributed by atoms with Gasteiger partial charge in [0.05, 0.1) is 11.1 Å². The highest BCUT2D eigenvalue weighted by atomic mass is 35.5. The Labute approximate surface area is 278 Å². The zero-order valence-electron chi connectivity index (χ0n) is 24.8. The summed E-state index contributed by atoms with van der Waals surface area (Å²) in [4.78, 5) is 21.3. The molecule has 1 atom stereocenters. The van der Waals surface area contributed by atoms with Crippen molar-refractivity contribution < 1.29 is 31.1 Å². The fraction of sp³-hybridized carbons (Fsp3) is 0.419. The van der Waals surface area contributed by atoms with Crippen molar-refractivity contribution in [2.24, 2.45) is 0 Å². The zero-order valence-corrected chi connectivity index (χ0v) is 27.2. The number of hydrogen-bond donors (Lipinski definition) is 1. The summed E-state index contributed by atoms with van der Waals surface area (Å²) in [7, 11) is 0. The zero-order chi connectivity index (χ0) is 30.5. The Balaban J connectivity index is 0.00000337. The van der Waals surface area contributed by atoms with E-state index < -0.39 is 41.0 Å². The number of nitrogens with zero attached hydrogens (tertiary/aromatic N) is 3. The second-order valence-electron chi connectivity index (χ2n) is 10.8. The molecule has 4 rings (SSSR count). The predicted molar refractivity (Wildman–Crippen MR) is 170 cm³/mol. The van der Waals surface area contributed by atoms with Gasteiger partial charge >= 0.3 is 12.4 Å². The van der Waals surface area contributed by atoms with Crippen LogP contribution in [0, 0.1) is 13.8 Å². The molecule has 2 aromatic carbocycles. The number of alkyl halides is 6. The highest BCUT2D eigenvalue weighted by Crippen LogP contribution is 2.37. The summed E-state index contributed by atoms with van der Waals surface area (Å²) in [6, 6.07) is 10.4. The summed E-state index contributed by atoms with van der Waals surface area (Å²) in [5, 5.41) is 3.37. The molecule has 1 aromatic heterocycles. The fourth-order valence-electron chi connectivity index (χ4n) is 5.17. The van der Waals surface area contributed by atoms with E-state index in [4.69, 9.17) is 0 Å². The monoisotopic (exact) mass is 700 g/mol. The minimum atomic E-state index is -5.03. The molecule has 1 fully saturated rings. The van der Waals surface area contributed by atoms with Crippen LogP contribution in [0.3, 0.4) is 0 Å². The maximum atomic E-state index is 13.6. The molecule has 1 aliphatic rings. The second kappa shape index (κ2) is 17.4. The number of carbonyl (C=O) groups is 1. The molecule has 3 aromatic rings. The first-order valence-corrected chi connectivity index (χ1v) is 13.8. The third-order valence-electron chi connectivity index (χ3n) is 7.58. The van der Waals surface area contributed by atoms with E-state index in [0.717, 1.165) is 41.8 Å². The molecular formula is C31H37Cl3F6N4O. The van der Waals surface area contributed by atoms with E-state index in [-0.39, 0.29) is 49.8 Å². The quantitative estimate of drug-likeness (QED) is 0.185. The molecule has 250 valence electrons. The van der Waals surface area contributed by atoms with Crippen molar-refractivity contribution in [1.82, 2.24) is 20.1 Å². The summed E-state index contributed by atoms with van der Waals surface area (Å²) < 4.78 is 80.9. The van der Waals surface area contributed by atoms with Gasteiger partial charge in [-0.3, -0.25) is 14.7 Å². The van der Waals surface area contributed by atoms with Crippen molar-refractivity contribution in [1.29, 1.82) is 0 Å². The van der Waals surface area contributed by atoms with Crippen LogP contribution in [0.2, 0.25) is 0 Å². The Morgan fingerprint density at radius 2 is 1.56 bits per heavy atom. The van der Waals surface area contributed by atoms with Crippen LogP contribution >= 0.6 is 37.2 Å². The van der Waals surface area contributed by atoms with Gasteiger partial charge in [-0.15, -0.1) is 37.2 Å². The highest BCUT2D eigenvalue weighted by Gasteiger charge is 2.39. The first-order valence-electron chi connectivity index (χ1n) is 13.8. The molecule has 0 radical (unpaired) electrons. The largest absolute Gasteiger partial charge is 0.416 e. The van der Waals surface area contributed by atoms with Crippen LogP contribution in [0.25, 0.3) is 0 Å². The minimum Gasteiger partial charge on any atom is -0.333 e. The third-order valence-corrected chi connectivity index (χ3v) is 7.58. The number of aromatic nitrogens is 1. The van der Waals surface area contributed by atoms with E-state index >= 15 is 0 Å². The Morgan fingerprint density at radius 1 is 0.889 bits per heavy atom. The van der Waals surface area contributed by atoms with Crippen molar-refractivity contribution in [3.63, 3.8) is 0 Å². The lowest BCUT2D eigenvalue weighted by Crippen LogP contribution is -2.56. The number of amides is 1. The summed E-state index contributed by atoms with van der Waals surface area (Å²) >= 11 is 0. The molecule has 14 heteroatoms. The molecule has 45 heavy (non-hydrogen) atoms. The second-order valence-corrected chi connectivity index (χ2v) is 10.8. The van der Waals surface area contributed by atoms with Gasteiger partial charge in [0.1, 0.15) is 0 Å². The Morgan fingerprint density at radius 3 is 2.13 bits per heavy atom. The van der Waals surface area contributed by atoms with Crippen LogP contribution in [-0.2, 0) is 25.3 Å². The van der Waals surface area contributed by atoms with Gasteiger partial charge < -0.3 is 10.2 Å². The summed E-state index contributed by atoms with van der Waals surface area (Å²) in [5.74, 6) is -0.835. The fourth-order valence-corrected chi connectivity index (χ4v) is 5.17. The van der Waals surface area contributed by atoms with E-state index in [1.54, 1.807) is 12.4 Å². The van der Waals surface area contributed by atoms with Gasteiger partial charge in [0.2, 0.25) is 0 Å². The van der Waals surface area contributed by atoms with E-state index in [1.165, 1.54) is 4.90 Å². The maximum absolute atomic E-state index is 13.6. The van der Waals surface area contributed by atoms with Gasteiger partial charge in [-0.25, -0.2) is 0 Å². The number of halogens is 9. The number of benzene rings is 2. The molecule has 1 aliphatic heterocycles. The molecule has 5 nitrogen and oxygen atoms in total. The Hall–Kier alpha value is -2.57. The van der Waals surface area contributed by atoms with Crippen LogP contribution in [-0.4, -0.2) is 59.5 Å². The number of nitrogens with one attached hydrogen (secondary N) is 1. The van der Waals surface area contributed by atoms with Crippen LogP contribution in [0.15, 0.2) is 60.9 Å². The molecule has 0 spiro atoms. The number of hydrogen-bond acceptors (Lipinski definition) is 4. The Kier molecular flexibility index (Phi) is 15.6. The number of piperazine rings is 1. The van der Waals surface area contributed by atoms with Crippen LogP contribution in [0.4, 0.5) is 26.3 Å². The van der Waals surface area contributed by atoms with E-state index in [0.29, 0.717) is 38.2 Å². The van der Waals surface area contributed by atoms with Crippen molar-refractivity contribution in [2.75, 3.05) is 32.7 Å². The van der Waals surface area contributed by atoms with E-state index in [1.807, 2.05) is 44.2 Å². The Bertz CT molecular complexity index is 1340. The molecule has 0 bridgehead atoms. The molecule has 2 heterocycles. The lowest BCUT2D eigenvalue weighted by molar-refractivity contribution is -0.143. The van der Waals surface area contributed by atoms with Gasteiger partial charge in [0.15, 0.2) is 0 Å². The highest BCUT2D eigenvalue weighted by molar-refractivity contribution is 5.95. The summed E-state index contributed by atoms with van der Waals surface area (Å²) in [6.45, 7) is 7.21. The number of rotatable bonds is 9. The van der Waals surface area contributed by atoms with Crippen LogP contribution < -0.4 is 5.32 Å². The lowest BCUT2D eigenvalue weighted by Gasteiger charge is -2.42. The summed E-state index contributed by atoms with van der Waals surface area (Å²) in [5.41, 5.74) is 0.565. The lowest BCUT2D eigenvalue weighted by atomic mass is 9.97. The molecule has 0 saturated carbocycles. The van der Waals surface area contributed by atoms with Crippen molar-refractivity contribution in [3.8, 4) is 0 Å². The van der Waals surface area contributed by atoms with Gasteiger partial charge in [-0.2, -0.15) is 26.3 Å². The SMILES string of the molecule is Cc1ccc(CC2CN(CCCNCc3cccnc3)CCN2C(=O)c2cc(C(F)(F)F)cc(C(F)(F)F)c2)cc1C.Cl.Cl.Cl. The number of pyridine rings is 1. The van der Waals surface area contributed by atoms with Crippen LogP contribution in [0.5, 0.6) is 0 Å². The van der Waals surface area contributed by atoms with Gasteiger partial charge in [-0.1, -0.05) is 24.3 Å². The molecule has 0 aliphatic carbocycles. The smallest absolute Gasteiger partial charge is 0.333 e. The minimum absolute atomic E-state index is 0. The topological polar surface area (TPSA) is 48.5 Å². The number of aryl methyl sites for hydroxylation is 2. The first-order chi connectivity index (χ1) is 19.8. The van der Waals surface area contributed by atoms with E-state index in [2.05, 4.69) is 15.2 Å². The number of carbonyl (C=O) groups excluding carboxylic acids is 1. The van der Waals surface area contributed by atoms with Crippen molar-refractivity contribution in [3.05, 3.63) is 99.9 Å². The van der Waals surface area contributed by atoms with Gasteiger partial charge in [0.25, 0.3) is 5.91 Å². The molecule has 1 saturated heterocycles. The van der Waals surface area contributed by atoms with Crippen molar-refractivity contribution in [2.45, 2.75) is 51.6 Å². The predicted octanol–water partition coefficient (Wildman–Crippen LogP) is 7.55. The normalized spacial score (nSPS) is 15.5. The molecule has 1 amide bonds. The molecular weight excluding hydrogens is 665 g/mol. The van der Waals surface area contributed by atoms with Crippen LogP contribution in [0.1, 0.15) is 50.2 Å². The van der Waals surface area contributed by atoms with Gasteiger partial charge in [0, 0.05) is 50.2 Å². The van der Waals surface area contributed by atoms with Crippen molar-refractivity contribution >= 4 is 43.1 Å². The molecule has 1 N–H and O–H groups in total. The average Bonchev–Trinajstić information content (AvgIpc) is 2.94.